The molecule has 2 aliphatic carbocycles. The van der Waals surface area contributed by atoms with Crippen LogP contribution in [0.1, 0.15) is 62.5 Å². The Labute approximate surface area is 193 Å². The fourth-order valence-electron chi connectivity index (χ4n) is 4.74. The van der Waals surface area contributed by atoms with Crippen LogP contribution in [0.4, 0.5) is 4.79 Å². The maximum Gasteiger partial charge on any atom is 0.407 e. The number of fused-ring (bicyclic) bond motifs is 3. The van der Waals surface area contributed by atoms with Crippen LogP contribution in [-0.4, -0.2) is 41.3 Å². The number of aliphatic carboxylic acids is 1. The third kappa shape index (κ3) is 5.35. The van der Waals surface area contributed by atoms with Gasteiger partial charge in [0.2, 0.25) is 5.91 Å². The molecule has 0 bridgehead atoms. The summed E-state index contributed by atoms with van der Waals surface area (Å²) in [6.45, 7) is 2.20. The van der Waals surface area contributed by atoms with Crippen molar-refractivity contribution in [1.29, 1.82) is 0 Å². The Bertz CT molecular complexity index is 1000. The molecule has 0 saturated heterocycles. The molecule has 1 saturated carbocycles. The van der Waals surface area contributed by atoms with Crippen molar-refractivity contribution in [3.8, 4) is 11.1 Å². The van der Waals surface area contributed by atoms with Gasteiger partial charge in [-0.15, -0.1) is 0 Å². The highest BCUT2D eigenvalue weighted by molar-refractivity contribution is 5.81. The van der Waals surface area contributed by atoms with Crippen LogP contribution in [0, 0.1) is 0 Å². The molecule has 3 N–H and O–H groups in total. The van der Waals surface area contributed by atoms with Crippen molar-refractivity contribution in [2.45, 2.75) is 62.9 Å². The smallest absolute Gasteiger partial charge is 0.407 e. The zero-order valence-corrected chi connectivity index (χ0v) is 18.8. The lowest BCUT2D eigenvalue weighted by Crippen LogP contribution is -2.44. The molecule has 2 aromatic rings. The third-order valence-corrected chi connectivity index (χ3v) is 6.48. The molecule has 0 heterocycles. The second-order valence-electron chi connectivity index (χ2n) is 9.06. The van der Waals surface area contributed by atoms with Crippen molar-refractivity contribution in [2.24, 2.45) is 0 Å². The van der Waals surface area contributed by atoms with E-state index in [1.54, 1.807) is 0 Å². The minimum Gasteiger partial charge on any atom is -0.481 e. The summed E-state index contributed by atoms with van der Waals surface area (Å²) in [6.07, 6.45) is 2.24. The molecule has 1 atom stereocenters. The maximum absolute atomic E-state index is 12.6. The van der Waals surface area contributed by atoms with Gasteiger partial charge in [-0.2, -0.15) is 0 Å². The van der Waals surface area contributed by atoms with E-state index in [9.17, 15) is 14.4 Å². The molecule has 0 radical (unpaired) electrons. The predicted molar refractivity (Wildman–Crippen MR) is 124 cm³/mol. The van der Waals surface area contributed by atoms with Gasteiger partial charge in [0.05, 0.1) is 12.0 Å². The molecule has 0 aliphatic heterocycles. The van der Waals surface area contributed by atoms with Crippen molar-refractivity contribution < 1.29 is 24.2 Å². The Morgan fingerprint density at radius 1 is 1.06 bits per heavy atom. The second kappa shape index (κ2) is 9.65. The summed E-state index contributed by atoms with van der Waals surface area (Å²) in [4.78, 5) is 36.1. The zero-order valence-electron chi connectivity index (χ0n) is 18.8. The van der Waals surface area contributed by atoms with Crippen LogP contribution in [0.2, 0.25) is 0 Å². The first kappa shape index (κ1) is 22.8. The fraction of sp³-hybridized carbons (Fsp3) is 0.423. The van der Waals surface area contributed by atoms with E-state index in [4.69, 9.17) is 9.84 Å². The van der Waals surface area contributed by atoms with Crippen molar-refractivity contribution in [3.63, 3.8) is 0 Å². The molecule has 4 rings (SSSR count). The van der Waals surface area contributed by atoms with Crippen LogP contribution in [-0.2, 0) is 14.3 Å². The van der Waals surface area contributed by atoms with Gasteiger partial charge in [0.1, 0.15) is 6.61 Å². The highest BCUT2D eigenvalue weighted by atomic mass is 16.5. The van der Waals surface area contributed by atoms with Gasteiger partial charge < -0.3 is 20.5 Å². The highest BCUT2D eigenvalue weighted by Crippen LogP contribution is 2.44. The van der Waals surface area contributed by atoms with E-state index in [-0.39, 0.29) is 37.3 Å². The largest absolute Gasteiger partial charge is 0.481 e. The number of hydrogen-bond acceptors (Lipinski definition) is 4. The Morgan fingerprint density at radius 2 is 1.67 bits per heavy atom. The van der Waals surface area contributed by atoms with Crippen molar-refractivity contribution in [1.82, 2.24) is 10.6 Å². The Hall–Kier alpha value is -3.35. The number of carbonyl (C=O) groups excluding carboxylic acids is 2. The summed E-state index contributed by atoms with van der Waals surface area (Å²) in [5.74, 6) is -1.19. The maximum atomic E-state index is 12.6. The summed E-state index contributed by atoms with van der Waals surface area (Å²) in [5, 5.41) is 14.7. The van der Waals surface area contributed by atoms with Crippen LogP contribution >= 0.6 is 0 Å². The summed E-state index contributed by atoms with van der Waals surface area (Å²) in [7, 11) is 0. The van der Waals surface area contributed by atoms with Crippen LogP contribution in [0.25, 0.3) is 11.1 Å². The topological polar surface area (TPSA) is 105 Å². The first-order valence-electron chi connectivity index (χ1n) is 11.5. The quantitative estimate of drug-likeness (QED) is 0.503. The Morgan fingerprint density at radius 3 is 2.21 bits per heavy atom. The molecule has 174 valence electrons. The summed E-state index contributed by atoms with van der Waals surface area (Å²) >= 11 is 0. The molecule has 7 heteroatoms. The molecule has 33 heavy (non-hydrogen) atoms. The third-order valence-electron chi connectivity index (χ3n) is 6.48. The minimum absolute atomic E-state index is 0.0261. The van der Waals surface area contributed by atoms with Crippen molar-refractivity contribution in [3.05, 3.63) is 59.7 Å². The number of ether oxygens (including phenoxy) is 1. The highest BCUT2D eigenvalue weighted by Gasteiger charge is 2.45. The molecular weight excluding hydrogens is 420 g/mol. The number of carbonyl (C=O) groups is 3. The average Bonchev–Trinajstić information content (AvgIpc) is 3.43. The first-order chi connectivity index (χ1) is 15.9. The molecule has 2 aromatic carbocycles. The van der Waals surface area contributed by atoms with Crippen LogP contribution in [0.5, 0.6) is 0 Å². The van der Waals surface area contributed by atoms with Gasteiger partial charge in [-0.05, 0) is 41.5 Å². The van der Waals surface area contributed by atoms with Gasteiger partial charge in [0.15, 0.2) is 0 Å². The van der Waals surface area contributed by atoms with Crippen molar-refractivity contribution >= 4 is 18.0 Å². The number of carboxylic acid groups (broad SMARTS) is 1. The molecule has 2 aliphatic rings. The van der Waals surface area contributed by atoms with E-state index in [1.165, 1.54) is 0 Å². The number of nitrogens with one attached hydrogen (secondary N) is 2. The van der Waals surface area contributed by atoms with Gasteiger partial charge in [-0.3, -0.25) is 9.59 Å². The molecule has 0 spiro atoms. The molecule has 2 amide bonds. The number of benzene rings is 2. The van der Waals surface area contributed by atoms with E-state index in [1.807, 2.05) is 31.2 Å². The molecular formula is C26H30N2O5. The van der Waals surface area contributed by atoms with E-state index in [2.05, 4.69) is 34.9 Å². The zero-order chi connectivity index (χ0) is 23.4. The van der Waals surface area contributed by atoms with Crippen LogP contribution < -0.4 is 10.6 Å². The molecule has 0 aromatic heterocycles. The monoisotopic (exact) mass is 450 g/mol. The molecule has 7 nitrogen and oxygen atoms in total. The Kier molecular flexibility index (Phi) is 6.67. The number of amides is 2. The lowest BCUT2D eigenvalue weighted by molar-refractivity contribution is -0.138. The average molecular weight is 451 g/mol. The van der Waals surface area contributed by atoms with Gasteiger partial charge in [0.25, 0.3) is 0 Å². The minimum atomic E-state index is -0.922. The number of rotatable bonds is 10. The number of carboxylic acids is 1. The molecule has 1 fully saturated rings. The summed E-state index contributed by atoms with van der Waals surface area (Å²) < 4.78 is 5.60. The number of hydrogen-bond donors (Lipinski definition) is 3. The number of alkyl carbamates (subject to hydrolysis) is 1. The SMILES string of the molecule is CCC[C@@H](CC(=O)NC1(CC(=O)O)CC1)NC(=O)OCC1c2ccccc2-c2ccccc21. The fourth-order valence-corrected chi connectivity index (χ4v) is 4.74. The Balaban J connectivity index is 1.33. The standard InChI is InChI=1S/C26H30N2O5/c1-2-7-17(14-23(29)28-26(12-13-26)15-24(30)31)27-25(32)33-16-22-20-10-5-3-8-18(20)19-9-4-6-11-21(19)22/h3-6,8-11,17,22H,2,7,12-16H2,1H3,(H,27,32)(H,28,29)(H,30,31)/t17-/m0/s1. The van der Waals surface area contributed by atoms with Gasteiger partial charge in [-0.1, -0.05) is 61.9 Å². The van der Waals surface area contributed by atoms with E-state index < -0.39 is 17.6 Å². The summed E-state index contributed by atoms with van der Waals surface area (Å²) in [6, 6.07) is 15.9. The predicted octanol–water partition coefficient (Wildman–Crippen LogP) is 4.21. The van der Waals surface area contributed by atoms with Gasteiger partial charge in [-0.25, -0.2) is 4.79 Å². The summed E-state index contributed by atoms with van der Waals surface area (Å²) in [5.41, 5.74) is 3.99. The first-order valence-corrected chi connectivity index (χ1v) is 11.5. The lowest BCUT2D eigenvalue weighted by atomic mass is 9.98. The lowest BCUT2D eigenvalue weighted by Gasteiger charge is -2.21. The van der Waals surface area contributed by atoms with Crippen molar-refractivity contribution in [2.75, 3.05) is 6.61 Å². The normalized spacial score (nSPS) is 16.3. The van der Waals surface area contributed by atoms with E-state index in [0.717, 1.165) is 28.7 Å². The van der Waals surface area contributed by atoms with Gasteiger partial charge in [0, 0.05) is 18.4 Å². The second-order valence-corrected chi connectivity index (χ2v) is 9.06. The van der Waals surface area contributed by atoms with Crippen LogP contribution in [0.15, 0.2) is 48.5 Å². The van der Waals surface area contributed by atoms with E-state index >= 15 is 0 Å². The van der Waals surface area contributed by atoms with Crippen LogP contribution in [0.3, 0.4) is 0 Å². The molecule has 0 unspecified atom stereocenters. The van der Waals surface area contributed by atoms with E-state index in [0.29, 0.717) is 19.3 Å². The van der Waals surface area contributed by atoms with Gasteiger partial charge >= 0.3 is 12.1 Å².